The summed E-state index contributed by atoms with van der Waals surface area (Å²) in [4.78, 5) is 14.6. The van der Waals surface area contributed by atoms with Crippen molar-refractivity contribution in [1.82, 2.24) is 10.2 Å². The lowest BCUT2D eigenvalue weighted by Gasteiger charge is -2.31. The summed E-state index contributed by atoms with van der Waals surface area (Å²) in [5, 5.41) is 3.37. The Morgan fingerprint density at radius 1 is 1.05 bits per heavy atom. The molecule has 0 fully saturated rings. The third-order valence-corrected chi connectivity index (χ3v) is 3.50. The van der Waals surface area contributed by atoms with Crippen molar-refractivity contribution >= 4 is 5.97 Å². The SMILES string of the molecule is CCCNC(C)(CCN(CCC)CCC)C(=O)OCC. The Hall–Kier alpha value is -0.610. The van der Waals surface area contributed by atoms with Crippen LogP contribution in [0.3, 0.4) is 0 Å². The predicted octanol–water partition coefficient (Wildman–Crippen LogP) is 2.82. The van der Waals surface area contributed by atoms with Crippen LogP contribution in [0.15, 0.2) is 0 Å². The van der Waals surface area contributed by atoms with E-state index in [0.717, 1.165) is 51.9 Å². The summed E-state index contributed by atoms with van der Waals surface area (Å²) in [5.74, 6) is -0.124. The summed E-state index contributed by atoms with van der Waals surface area (Å²) in [7, 11) is 0. The van der Waals surface area contributed by atoms with Gasteiger partial charge in [-0.25, -0.2) is 0 Å². The van der Waals surface area contributed by atoms with E-state index in [4.69, 9.17) is 4.74 Å². The largest absolute Gasteiger partial charge is 0.465 e. The molecule has 20 heavy (non-hydrogen) atoms. The highest BCUT2D eigenvalue weighted by atomic mass is 16.5. The fraction of sp³-hybridized carbons (Fsp3) is 0.938. The highest BCUT2D eigenvalue weighted by molar-refractivity contribution is 5.80. The van der Waals surface area contributed by atoms with E-state index in [9.17, 15) is 4.79 Å². The first-order valence-electron chi connectivity index (χ1n) is 8.18. The molecular weight excluding hydrogens is 252 g/mol. The molecule has 4 nitrogen and oxygen atoms in total. The van der Waals surface area contributed by atoms with Crippen molar-refractivity contribution in [3.05, 3.63) is 0 Å². The van der Waals surface area contributed by atoms with Gasteiger partial charge in [0.1, 0.15) is 5.54 Å². The van der Waals surface area contributed by atoms with E-state index >= 15 is 0 Å². The molecule has 0 aromatic rings. The third-order valence-electron chi connectivity index (χ3n) is 3.50. The highest BCUT2D eigenvalue weighted by Gasteiger charge is 2.34. The lowest BCUT2D eigenvalue weighted by atomic mass is 9.97. The van der Waals surface area contributed by atoms with Crippen LogP contribution in [0, 0.1) is 0 Å². The summed E-state index contributed by atoms with van der Waals surface area (Å²) in [6.07, 6.45) is 4.12. The topological polar surface area (TPSA) is 41.6 Å². The minimum absolute atomic E-state index is 0.124. The zero-order valence-electron chi connectivity index (χ0n) is 14.1. The second-order valence-corrected chi connectivity index (χ2v) is 5.57. The number of esters is 1. The zero-order valence-corrected chi connectivity index (χ0v) is 14.1. The van der Waals surface area contributed by atoms with Crippen LogP contribution in [0.4, 0.5) is 0 Å². The summed E-state index contributed by atoms with van der Waals surface area (Å²) in [5.41, 5.74) is -0.564. The Balaban J connectivity index is 4.57. The van der Waals surface area contributed by atoms with Crippen LogP contribution in [0.1, 0.15) is 60.3 Å². The second-order valence-electron chi connectivity index (χ2n) is 5.57. The van der Waals surface area contributed by atoms with E-state index in [1.54, 1.807) is 0 Å². The first-order valence-corrected chi connectivity index (χ1v) is 8.18. The standard InChI is InChI=1S/C16H34N2O2/c1-6-11-17-16(5,15(19)20-9-4)10-14-18(12-7-2)13-8-3/h17H,6-14H2,1-5H3. The number of hydrogen-bond donors (Lipinski definition) is 1. The van der Waals surface area contributed by atoms with Gasteiger partial charge >= 0.3 is 5.97 Å². The summed E-state index contributed by atoms with van der Waals surface area (Å²) in [6, 6.07) is 0. The molecule has 0 rings (SSSR count). The molecule has 1 unspecified atom stereocenters. The second kappa shape index (κ2) is 11.1. The van der Waals surface area contributed by atoms with Gasteiger partial charge in [0.25, 0.3) is 0 Å². The first kappa shape index (κ1) is 19.4. The molecule has 0 aliphatic carbocycles. The van der Waals surface area contributed by atoms with E-state index in [1.807, 2.05) is 13.8 Å². The van der Waals surface area contributed by atoms with E-state index in [2.05, 4.69) is 31.0 Å². The van der Waals surface area contributed by atoms with Crippen molar-refractivity contribution in [3.63, 3.8) is 0 Å². The normalized spacial score (nSPS) is 14.3. The van der Waals surface area contributed by atoms with E-state index in [1.165, 1.54) is 0 Å². The zero-order chi connectivity index (χ0) is 15.4. The van der Waals surface area contributed by atoms with Crippen LogP contribution < -0.4 is 5.32 Å². The predicted molar refractivity (Wildman–Crippen MR) is 85.0 cm³/mol. The Labute approximate surface area is 125 Å². The van der Waals surface area contributed by atoms with Gasteiger partial charge in [0, 0.05) is 6.54 Å². The molecule has 0 bridgehead atoms. The molecule has 0 saturated carbocycles. The van der Waals surface area contributed by atoms with E-state index in [-0.39, 0.29) is 5.97 Å². The van der Waals surface area contributed by atoms with Crippen LogP contribution in [-0.4, -0.2) is 49.2 Å². The van der Waals surface area contributed by atoms with Crippen LogP contribution >= 0.6 is 0 Å². The molecule has 0 aromatic carbocycles. The third kappa shape index (κ3) is 7.25. The lowest BCUT2D eigenvalue weighted by Crippen LogP contribution is -2.52. The minimum Gasteiger partial charge on any atom is -0.465 e. The molecule has 0 aliphatic heterocycles. The average Bonchev–Trinajstić information content (AvgIpc) is 2.43. The molecule has 1 atom stereocenters. The number of rotatable bonds is 12. The highest BCUT2D eigenvalue weighted by Crippen LogP contribution is 2.14. The van der Waals surface area contributed by atoms with Crippen LogP contribution in [0.25, 0.3) is 0 Å². The molecule has 1 N–H and O–H groups in total. The fourth-order valence-electron chi connectivity index (χ4n) is 2.30. The van der Waals surface area contributed by atoms with Crippen molar-refractivity contribution in [1.29, 1.82) is 0 Å². The molecule has 4 heteroatoms. The van der Waals surface area contributed by atoms with Crippen molar-refractivity contribution in [3.8, 4) is 0 Å². The molecule has 0 amide bonds. The maximum Gasteiger partial charge on any atom is 0.326 e. The lowest BCUT2D eigenvalue weighted by molar-refractivity contribution is -0.151. The van der Waals surface area contributed by atoms with Gasteiger partial charge in [0.2, 0.25) is 0 Å². The van der Waals surface area contributed by atoms with Gasteiger partial charge in [-0.15, -0.1) is 0 Å². The van der Waals surface area contributed by atoms with Crippen molar-refractivity contribution in [2.75, 3.05) is 32.8 Å². The van der Waals surface area contributed by atoms with Gasteiger partial charge in [-0.2, -0.15) is 0 Å². The Morgan fingerprint density at radius 2 is 1.65 bits per heavy atom. The van der Waals surface area contributed by atoms with Gasteiger partial charge in [-0.1, -0.05) is 20.8 Å². The number of nitrogens with one attached hydrogen (secondary N) is 1. The summed E-state index contributed by atoms with van der Waals surface area (Å²) in [6.45, 7) is 14.8. The fourth-order valence-corrected chi connectivity index (χ4v) is 2.30. The van der Waals surface area contributed by atoms with Gasteiger partial charge in [0.15, 0.2) is 0 Å². The molecule has 0 aromatic heterocycles. The van der Waals surface area contributed by atoms with Crippen molar-refractivity contribution in [2.45, 2.75) is 65.8 Å². The van der Waals surface area contributed by atoms with Crippen LogP contribution in [-0.2, 0) is 9.53 Å². The maximum absolute atomic E-state index is 12.2. The van der Waals surface area contributed by atoms with Crippen molar-refractivity contribution < 1.29 is 9.53 Å². The monoisotopic (exact) mass is 286 g/mol. The number of carbonyl (C=O) groups is 1. The van der Waals surface area contributed by atoms with Gasteiger partial charge < -0.3 is 15.0 Å². The molecular formula is C16H34N2O2. The Bertz CT molecular complexity index is 253. The molecule has 120 valence electrons. The molecule has 0 spiro atoms. The number of carbonyl (C=O) groups excluding carboxylic acids is 1. The Morgan fingerprint density at radius 3 is 2.10 bits per heavy atom. The smallest absolute Gasteiger partial charge is 0.326 e. The molecule has 0 heterocycles. The number of hydrogen-bond acceptors (Lipinski definition) is 4. The summed E-state index contributed by atoms with van der Waals surface area (Å²) >= 11 is 0. The average molecular weight is 286 g/mol. The van der Waals surface area contributed by atoms with Gasteiger partial charge in [-0.3, -0.25) is 4.79 Å². The first-order chi connectivity index (χ1) is 9.53. The Kier molecular flexibility index (Phi) is 10.8. The quantitative estimate of drug-likeness (QED) is 0.560. The van der Waals surface area contributed by atoms with Crippen LogP contribution in [0.2, 0.25) is 0 Å². The van der Waals surface area contributed by atoms with Crippen molar-refractivity contribution in [2.24, 2.45) is 0 Å². The minimum atomic E-state index is -0.564. The molecule has 0 saturated heterocycles. The van der Waals surface area contributed by atoms with E-state index < -0.39 is 5.54 Å². The molecule has 0 aliphatic rings. The van der Waals surface area contributed by atoms with E-state index in [0.29, 0.717) is 6.61 Å². The number of ether oxygens (including phenoxy) is 1. The summed E-state index contributed by atoms with van der Waals surface area (Å²) < 4.78 is 5.24. The maximum atomic E-state index is 12.2. The number of nitrogens with zero attached hydrogens (tertiary/aromatic N) is 1. The van der Waals surface area contributed by atoms with Gasteiger partial charge in [0.05, 0.1) is 6.61 Å². The van der Waals surface area contributed by atoms with Crippen LogP contribution in [0.5, 0.6) is 0 Å². The van der Waals surface area contributed by atoms with Gasteiger partial charge in [-0.05, 0) is 59.2 Å². The molecule has 0 radical (unpaired) electrons.